The van der Waals surface area contributed by atoms with Crippen LogP contribution in [0.5, 0.6) is 0 Å². The van der Waals surface area contributed by atoms with Crippen LogP contribution in [-0.4, -0.2) is 49.7 Å². The number of aromatic nitrogens is 1. The number of thiazole rings is 1. The summed E-state index contributed by atoms with van der Waals surface area (Å²) in [6.07, 6.45) is 3.97. The topological polar surface area (TPSA) is 31.4 Å². The van der Waals surface area contributed by atoms with Crippen molar-refractivity contribution in [1.29, 1.82) is 0 Å². The first-order valence-corrected chi connectivity index (χ1v) is 7.99. The fourth-order valence-electron chi connectivity index (χ4n) is 2.65. The van der Waals surface area contributed by atoms with Gasteiger partial charge in [-0.3, -0.25) is 0 Å². The Labute approximate surface area is 120 Å². The Balaban J connectivity index is 1.95. The Morgan fingerprint density at radius 2 is 2.11 bits per heavy atom. The van der Waals surface area contributed by atoms with E-state index in [9.17, 15) is 0 Å². The van der Waals surface area contributed by atoms with Crippen molar-refractivity contribution in [2.24, 2.45) is 0 Å². The van der Waals surface area contributed by atoms with Crippen LogP contribution in [0.15, 0.2) is 5.38 Å². The zero-order valence-electron chi connectivity index (χ0n) is 12.6. The molecule has 0 bridgehead atoms. The second-order valence-corrected chi connectivity index (χ2v) is 6.57. The van der Waals surface area contributed by atoms with Gasteiger partial charge in [-0.05, 0) is 39.9 Å². The van der Waals surface area contributed by atoms with Gasteiger partial charge in [-0.1, -0.05) is 6.92 Å². The summed E-state index contributed by atoms with van der Waals surface area (Å²) < 4.78 is 0. The van der Waals surface area contributed by atoms with Gasteiger partial charge in [0.25, 0.3) is 0 Å². The summed E-state index contributed by atoms with van der Waals surface area (Å²) in [7, 11) is 6.57. The molecule has 0 atom stereocenters. The zero-order chi connectivity index (χ0) is 13.9. The number of likely N-dealkylation sites (N-methyl/N-ethyl adjacent to an activating group) is 2. The predicted octanol–water partition coefficient (Wildman–Crippen LogP) is 2.17. The van der Waals surface area contributed by atoms with E-state index in [2.05, 4.69) is 48.6 Å². The van der Waals surface area contributed by atoms with Crippen molar-refractivity contribution in [2.75, 3.05) is 39.1 Å². The van der Waals surface area contributed by atoms with Crippen LogP contribution in [0.2, 0.25) is 0 Å². The minimum atomic E-state index is 0.363. The number of anilines is 1. The molecule has 0 saturated heterocycles. The Morgan fingerprint density at radius 3 is 2.63 bits per heavy atom. The van der Waals surface area contributed by atoms with Crippen LogP contribution < -0.4 is 10.2 Å². The molecule has 0 unspecified atom stereocenters. The molecular formula is C14H26N4S. The smallest absolute Gasteiger partial charge is 0.185 e. The number of hydrogen-bond acceptors (Lipinski definition) is 5. The third kappa shape index (κ3) is 3.27. The highest BCUT2D eigenvalue weighted by Crippen LogP contribution is 2.37. The lowest BCUT2D eigenvalue weighted by Crippen LogP contribution is -2.56. The van der Waals surface area contributed by atoms with E-state index in [1.165, 1.54) is 19.3 Å². The molecule has 1 aliphatic rings. The lowest BCUT2D eigenvalue weighted by Gasteiger charge is -2.49. The number of nitrogens with zero attached hydrogens (tertiary/aromatic N) is 3. The minimum absolute atomic E-state index is 0.363. The standard InChI is InChI=1S/C14H26N4S/c1-5-15-9-12-10-19-13(16-12)18(4)11-14(17(2)3)7-6-8-14/h10,15H,5-9,11H2,1-4H3. The van der Waals surface area contributed by atoms with E-state index >= 15 is 0 Å². The molecule has 1 N–H and O–H groups in total. The Morgan fingerprint density at radius 1 is 1.37 bits per heavy atom. The molecule has 108 valence electrons. The molecule has 4 nitrogen and oxygen atoms in total. The third-order valence-electron chi connectivity index (χ3n) is 4.19. The average Bonchev–Trinajstić information content (AvgIpc) is 2.79. The SMILES string of the molecule is CCNCc1csc(N(C)CC2(N(C)C)CCC2)n1. The fourth-order valence-corrected chi connectivity index (χ4v) is 3.44. The van der Waals surface area contributed by atoms with Crippen LogP contribution in [-0.2, 0) is 6.54 Å². The first kappa shape index (κ1) is 14.8. The van der Waals surface area contributed by atoms with Gasteiger partial charge in [0.05, 0.1) is 5.69 Å². The quantitative estimate of drug-likeness (QED) is 0.830. The molecule has 1 aromatic heterocycles. The van der Waals surface area contributed by atoms with E-state index in [1.807, 2.05) is 0 Å². The van der Waals surface area contributed by atoms with Gasteiger partial charge in [0.2, 0.25) is 0 Å². The molecule has 0 amide bonds. The van der Waals surface area contributed by atoms with Crippen molar-refractivity contribution in [1.82, 2.24) is 15.2 Å². The highest BCUT2D eigenvalue weighted by Gasteiger charge is 2.40. The van der Waals surface area contributed by atoms with Gasteiger partial charge in [0.15, 0.2) is 5.13 Å². The largest absolute Gasteiger partial charge is 0.349 e. The third-order valence-corrected chi connectivity index (χ3v) is 5.19. The Kier molecular flexibility index (Phi) is 4.81. The number of nitrogens with one attached hydrogen (secondary N) is 1. The van der Waals surface area contributed by atoms with Crippen molar-refractivity contribution in [3.63, 3.8) is 0 Å². The summed E-state index contributed by atoms with van der Waals surface area (Å²) >= 11 is 1.75. The van der Waals surface area contributed by atoms with E-state index in [4.69, 9.17) is 4.98 Å². The summed E-state index contributed by atoms with van der Waals surface area (Å²) in [6.45, 7) is 5.07. The predicted molar refractivity (Wildman–Crippen MR) is 83.0 cm³/mol. The molecule has 0 aliphatic heterocycles. The molecule has 1 saturated carbocycles. The van der Waals surface area contributed by atoms with Crippen LogP contribution in [0.3, 0.4) is 0 Å². The highest BCUT2D eigenvalue weighted by atomic mass is 32.1. The van der Waals surface area contributed by atoms with Crippen molar-refractivity contribution < 1.29 is 0 Å². The normalized spacial score (nSPS) is 17.5. The van der Waals surface area contributed by atoms with E-state index < -0.39 is 0 Å². The van der Waals surface area contributed by atoms with Crippen LogP contribution in [0.1, 0.15) is 31.9 Å². The molecule has 0 radical (unpaired) electrons. The van der Waals surface area contributed by atoms with Gasteiger partial charge in [-0.15, -0.1) is 11.3 Å². The van der Waals surface area contributed by atoms with Gasteiger partial charge in [0.1, 0.15) is 0 Å². The van der Waals surface area contributed by atoms with E-state index in [0.717, 1.165) is 30.5 Å². The molecule has 1 aromatic rings. The number of rotatable bonds is 7. The lowest BCUT2D eigenvalue weighted by atomic mass is 9.75. The molecule has 2 rings (SSSR count). The second-order valence-electron chi connectivity index (χ2n) is 5.73. The zero-order valence-corrected chi connectivity index (χ0v) is 13.4. The summed E-state index contributed by atoms with van der Waals surface area (Å²) in [6, 6.07) is 0. The maximum Gasteiger partial charge on any atom is 0.185 e. The van der Waals surface area contributed by atoms with Gasteiger partial charge in [-0.25, -0.2) is 4.98 Å². The van der Waals surface area contributed by atoms with E-state index in [-0.39, 0.29) is 0 Å². The minimum Gasteiger partial charge on any atom is -0.349 e. The van der Waals surface area contributed by atoms with Gasteiger partial charge >= 0.3 is 0 Å². The lowest BCUT2D eigenvalue weighted by molar-refractivity contribution is 0.0683. The van der Waals surface area contributed by atoms with Crippen molar-refractivity contribution in [2.45, 2.75) is 38.3 Å². The molecule has 1 aliphatic carbocycles. The average molecular weight is 282 g/mol. The van der Waals surface area contributed by atoms with Crippen LogP contribution in [0.4, 0.5) is 5.13 Å². The van der Waals surface area contributed by atoms with Gasteiger partial charge < -0.3 is 15.1 Å². The second kappa shape index (κ2) is 6.20. The molecular weight excluding hydrogens is 256 g/mol. The monoisotopic (exact) mass is 282 g/mol. The Hall–Kier alpha value is -0.650. The van der Waals surface area contributed by atoms with E-state index in [1.54, 1.807) is 11.3 Å². The molecule has 0 aromatic carbocycles. The molecule has 5 heteroatoms. The van der Waals surface area contributed by atoms with Crippen LogP contribution in [0.25, 0.3) is 0 Å². The van der Waals surface area contributed by atoms with Crippen LogP contribution >= 0.6 is 11.3 Å². The first-order valence-electron chi connectivity index (χ1n) is 7.11. The fraction of sp³-hybridized carbons (Fsp3) is 0.786. The first-order chi connectivity index (χ1) is 9.07. The van der Waals surface area contributed by atoms with Crippen LogP contribution in [0, 0.1) is 0 Å². The van der Waals surface area contributed by atoms with Crippen molar-refractivity contribution >= 4 is 16.5 Å². The summed E-state index contributed by atoms with van der Waals surface area (Å²) in [5.41, 5.74) is 1.52. The molecule has 19 heavy (non-hydrogen) atoms. The summed E-state index contributed by atoms with van der Waals surface area (Å²) in [4.78, 5) is 9.42. The number of hydrogen-bond donors (Lipinski definition) is 1. The maximum atomic E-state index is 4.71. The van der Waals surface area contributed by atoms with E-state index in [0.29, 0.717) is 5.54 Å². The maximum absolute atomic E-state index is 4.71. The Bertz CT molecular complexity index is 398. The van der Waals surface area contributed by atoms with Crippen molar-refractivity contribution in [3.05, 3.63) is 11.1 Å². The molecule has 0 spiro atoms. The molecule has 1 fully saturated rings. The van der Waals surface area contributed by atoms with Gasteiger partial charge in [0, 0.05) is 31.1 Å². The van der Waals surface area contributed by atoms with Gasteiger partial charge in [-0.2, -0.15) is 0 Å². The molecule has 1 heterocycles. The van der Waals surface area contributed by atoms with Crippen molar-refractivity contribution in [3.8, 4) is 0 Å². The highest BCUT2D eigenvalue weighted by molar-refractivity contribution is 7.13. The summed E-state index contributed by atoms with van der Waals surface area (Å²) in [5, 5.41) is 6.63. The summed E-state index contributed by atoms with van der Waals surface area (Å²) in [5.74, 6) is 0.